The second-order valence-corrected chi connectivity index (χ2v) is 7.83. The van der Waals surface area contributed by atoms with E-state index in [4.69, 9.17) is 5.73 Å². The van der Waals surface area contributed by atoms with Crippen molar-refractivity contribution in [2.24, 2.45) is 0 Å². The van der Waals surface area contributed by atoms with Crippen LogP contribution in [-0.2, 0) is 4.79 Å². The summed E-state index contributed by atoms with van der Waals surface area (Å²) in [7, 11) is 2.17. The highest BCUT2D eigenvalue weighted by Crippen LogP contribution is 2.39. The molecular weight excluding hydrogens is 350 g/mol. The van der Waals surface area contributed by atoms with Gasteiger partial charge in [-0.2, -0.15) is 0 Å². The number of likely N-dealkylation sites (tertiary alicyclic amines) is 1. The molecule has 0 spiro atoms. The predicted octanol–water partition coefficient (Wildman–Crippen LogP) is 3.58. The number of anilines is 1. The average Bonchev–Trinajstić information content (AvgIpc) is 2.70. The number of carbonyl (C=O) groups is 1. The molecule has 146 valence electrons. The van der Waals surface area contributed by atoms with Gasteiger partial charge < -0.3 is 20.6 Å². The summed E-state index contributed by atoms with van der Waals surface area (Å²) in [4.78, 5) is 16.6. The third-order valence-corrected chi connectivity index (χ3v) is 6.00. The van der Waals surface area contributed by atoms with Gasteiger partial charge in [0.1, 0.15) is 0 Å². The van der Waals surface area contributed by atoms with E-state index in [-0.39, 0.29) is 6.04 Å². The molecule has 0 aromatic heterocycles. The van der Waals surface area contributed by atoms with Gasteiger partial charge in [-0.25, -0.2) is 4.79 Å². The molecule has 1 saturated heterocycles. The lowest BCUT2D eigenvalue weighted by Gasteiger charge is -2.42. The van der Waals surface area contributed by atoms with Crippen molar-refractivity contribution in [1.82, 2.24) is 9.80 Å². The molecule has 2 aromatic carbocycles. The van der Waals surface area contributed by atoms with Crippen molar-refractivity contribution >= 4 is 17.2 Å². The zero-order chi connectivity index (χ0) is 19.7. The number of carboxylic acid groups (broad SMARTS) is 1. The van der Waals surface area contributed by atoms with Crippen molar-refractivity contribution < 1.29 is 9.90 Å². The molecule has 5 nitrogen and oxygen atoms in total. The van der Waals surface area contributed by atoms with Crippen LogP contribution in [0.25, 0.3) is 5.57 Å². The van der Waals surface area contributed by atoms with Crippen LogP contribution in [-0.4, -0.2) is 47.1 Å². The third kappa shape index (κ3) is 3.50. The number of fused-ring (bicyclic) bond motifs is 1. The van der Waals surface area contributed by atoms with Gasteiger partial charge in [0, 0.05) is 24.5 Å². The van der Waals surface area contributed by atoms with E-state index < -0.39 is 5.97 Å². The number of hydrogen-bond donors (Lipinski definition) is 2. The van der Waals surface area contributed by atoms with Crippen LogP contribution in [0, 0.1) is 0 Å². The van der Waals surface area contributed by atoms with Crippen molar-refractivity contribution in [3.63, 3.8) is 0 Å². The predicted molar refractivity (Wildman–Crippen MR) is 112 cm³/mol. The first-order chi connectivity index (χ1) is 13.5. The monoisotopic (exact) mass is 377 g/mol. The molecule has 28 heavy (non-hydrogen) atoms. The van der Waals surface area contributed by atoms with Crippen LogP contribution in [0.2, 0.25) is 0 Å². The van der Waals surface area contributed by atoms with E-state index in [1.54, 1.807) is 0 Å². The number of nitrogens with zero attached hydrogens (tertiary/aromatic N) is 2. The summed E-state index contributed by atoms with van der Waals surface area (Å²) < 4.78 is 0. The fourth-order valence-electron chi connectivity index (χ4n) is 4.47. The number of hydrogen-bond acceptors (Lipinski definition) is 4. The van der Waals surface area contributed by atoms with Gasteiger partial charge in [-0.1, -0.05) is 42.8 Å². The van der Waals surface area contributed by atoms with Gasteiger partial charge in [0.25, 0.3) is 0 Å². The van der Waals surface area contributed by atoms with Crippen LogP contribution in [0.3, 0.4) is 0 Å². The van der Waals surface area contributed by atoms with Crippen LogP contribution in [0.1, 0.15) is 42.0 Å². The molecule has 2 aliphatic heterocycles. The lowest BCUT2D eigenvalue weighted by atomic mass is 9.86. The highest BCUT2D eigenvalue weighted by molar-refractivity contribution is 6.16. The summed E-state index contributed by atoms with van der Waals surface area (Å²) in [5.41, 5.74) is 9.95. The average molecular weight is 377 g/mol. The van der Waals surface area contributed by atoms with Crippen LogP contribution >= 0.6 is 0 Å². The zero-order valence-corrected chi connectivity index (χ0v) is 16.2. The zero-order valence-electron chi connectivity index (χ0n) is 16.2. The van der Waals surface area contributed by atoms with Gasteiger partial charge in [-0.3, -0.25) is 0 Å². The van der Waals surface area contributed by atoms with Crippen molar-refractivity contribution in [2.45, 2.75) is 31.3 Å². The molecule has 2 unspecified atom stereocenters. The molecule has 5 heteroatoms. The Morgan fingerprint density at radius 2 is 1.89 bits per heavy atom. The minimum absolute atomic E-state index is 0.0183. The molecule has 2 atom stereocenters. The van der Waals surface area contributed by atoms with Gasteiger partial charge >= 0.3 is 5.97 Å². The van der Waals surface area contributed by atoms with E-state index in [1.807, 2.05) is 54.7 Å². The molecule has 4 rings (SSSR count). The Bertz CT molecular complexity index is 891. The van der Waals surface area contributed by atoms with Crippen LogP contribution in [0.15, 0.2) is 54.7 Å². The summed E-state index contributed by atoms with van der Waals surface area (Å²) in [6, 6.07) is 16.2. The van der Waals surface area contributed by atoms with E-state index in [1.165, 1.54) is 12.8 Å². The van der Waals surface area contributed by atoms with Crippen LogP contribution in [0.4, 0.5) is 5.69 Å². The maximum absolute atomic E-state index is 12.0. The Hall–Kier alpha value is -2.79. The lowest BCUT2D eigenvalue weighted by Crippen LogP contribution is -2.45. The fraction of sp³-hybridized carbons (Fsp3) is 0.348. The van der Waals surface area contributed by atoms with E-state index in [0.29, 0.717) is 11.6 Å². The first-order valence-electron chi connectivity index (χ1n) is 9.90. The van der Waals surface area contributed by atoms with Crippen molar-refractivity contribution in [3.8, 4) is 0 Å². The van der Waals surface area contributed by atoms with Crippen LogP contribution < -0.4 is 5.73 Å². The first-order valence-corrected chi connectivity index (χ1v) is 9.90. The number of piperidine rings is 1. The summed E-state index contributed by atoms with van der Waals surface area (Å²) in [6.07, 6.45) is 5.43. The normalized spacial score (nSPS) is 22.5. The molecule has 1 fully saturated rings. The molecule has 0 aliphatic carbocycles. The maximum atomic E-state index is 12.0. The van der Waals surface area contributed by atoms with Gasteiger partial charge in [0.05, 0.1) is 11.6 Å². The number of aliphatic carboxylic acids is 1. The second kappa shape index (κ2) is 7.68. The minimum atomic E-state index is -0.884. The number of nitrogens with two attached hydrogens (primary N) is 1. The summed E-state index contributed by atoms with van der Waals surface area (Å²) in [6.45, 7) is 1.90. The molecule has 2 aromatic rings. The molecule has 0 amide bonds. The number of nitrogen functional groups attached to an aromatic ring is 1. The molecule has 3 N–H and O–H groups in total. The Balaban J connectivity index is 1.78. The molecule has 0 radical (unpaired) electrons. The highest BCUT2D eigenvalue weighted by Gasteiger charge is 2.33. The van der Waals surface area contributed by atoms with E-state index in [0.717, 1.165) is 41.9 Å². The highest BCUT2D eigenvalue weighted by atomic mass is 16.4. The number of likely N-dealkylation sites (N-methyl/N-ethyl adjacent to an activating group) is 1. The Kier molecular flexibility index (Phi) is 5.09. The third-order valence-electron chi connectivity index (χ3n) is 6.00. The number of benzene rings is 2. The lowest BCUT2D eigenvalue weighted by molar-refractivity contribution is -0.130. The van der Waals surface area contributed by atoms with E-state index in [2.05, 4.69) is 16.8 Å². The maximum Gasteiger partial charge on any atom is 0.337 e. The minimum Gasteiger partial charge on any atom is -0.478 e. The van der Waals surface area contributed by atoms with Gasteiger partial charge in [0.15, 0.2) is 0 Å². The summed E-state index contributed by atoms with van der Waals surface area (Å²) in [5.74, 6) is -0.884. The van der Waals surface area contributed by atoms with Gasteiger partial charge in [-0.15, -0.1) is 0 Å². The molecule has 0 bridgehead atoms. The van der Waals surface area contributed by atoms with E-state index in [9.17, 15) is 9.90 Å². The second-order valence-electron chi connectivity index (χ2n) is 7.83. The Morgan fingerprint density at radius 3 is 2.61 bits per heavy atom. The largest absolute Gasteiger partial charge is 0.478 e. The smallest absolute Gasteiger partial charge is 0.337 e. The van der Waals surface area contributed by atoms with Crippen LogP contribution in [0.5, 0.6) is 0 Å². The standard InChI is InChI=1S/C23H27N3O2/c1-25-13-5-4-6-18(25)14-26-15-21(23(27)28)19-7-2-3-8-20(19)22(26)16-9-11-17(24)12-10-16/h2-3,7-12,15,18,22H,4-6,13-14,24H2,1H3,(H,27,28). The molecular formula is C23H27N3O2. The molecule has 2 heterocycles. The SMILES string of the molecule is CN1CCCCC1CN1C=C(C(=O)O)c2ccccc2C1c1ccc(N)cc1. The van der Waals surface area contributed by atoms with E-state index >= 15 is 0 Å². The summed E-state index contributed by atoms with van der Waals surface area (Å²) in [5, 5.41) is 9.83. The Labute approximate surface area is 166 Å². The topological polar surface area (TPSA) is 69.8 Å². The molecule has 2 aliphatic rings. The quantitative estimate of drug-likeness (QED) is 0.797. The number of carboxylic acids is 1. The van der Waals surface area contributed by atoms with Crippen molar-refractivity contribution in [1.29, 1.82) is 0 Å². The van der Waals surface area contributed by atoms with Crippen molar-refractivity contribution in [3.05, 3.63) is 71.4 Å². The first kappa shape index (κ1) is 18.6. The number of rotatable bonds is 4. The molecule has 0 saturated carbocycles. The van der Waals surface area contributed by atoms with Gasteiger partial charge in [0.2, 0.25) is 0 Å². The van der Waals surface area contributed by atoms with Gasteiger partial charge in [-0.05, 0) is 55.3 Å². The summed E-state index contributed by atoms with van der Waals surface area (Å²) >= 11 is 0. The Morgan fingerprint density at radius 1 is 1.14 bits per heavy atom. The fourth-order valence-corrected chi connectivity index (χ4v) is 4.47. The van der Waals surface area contributed by atoms with Crippen molar-refractivity contribution in [2.75, 3.05) is 25.9 Å².